The smallest absolute Gasteiger partial charge is 0.308 e. The molecule has 6 nitrogen and oxygen atoms in total. The Hall–Kier alpha value is -1.85. The van der Waals surface area contributed by atoms with Crippen molar-refractivity contribution in [2.24, 2.45) is 5.92 Å². The summed E-state index contributed by atoms with van der Waals surface area (Å²) in [4.78, 5) is 19.3. The van der Waals surface area contributed by atoms with Crippen LogP contribution in [0.15, 0.2) is 12.4 Å². The number of hydrogen-bond acceptors (Lipinski definition) is 5. The second-order valence-electron chi connectivity index (χ2n) is 4.30. The molecule has 1 saturated carbocycles. The molecule has 2 N–H and O–H groups in total. The maximum Gasteiger partial charge on any atom is 0.308 e. The highest BCUT2D eigenvalue weighted by Gasteiger charge is 2.33. The predicted octanol–water partition coefficient (Wildman–Crippen LogP) is 1.54. The van der Waals surface area contributed by atoms with Gasteiger partial charge in [-0.05, 0) is 19.8 Å². The molecule has 6 heteroatoms. The molecule has 1 aliphatic rings. The molecule has 0 spiro atoms. The number of aliphatic carboxylic acids is 1. The highest BCUT2D eigenvalue weighted by molar-refractivity contribution is 5.72. The van der Waals surface area contributed by atoms with Crippen molar-refractivity contribution >= 4 is 11.8 Å². The number of anilines is 1. The molecule has 0 bridgehead atoms. The number of nitrogens with zero attached hydrogens (tertiary/aromatic N) is 2. The van der Waals surface area contributed by atoms with E-state index in [1.807, 2.05) is 6.92 Å². The van der Waals surface area contributed by atoms with Gasteiger partial charge in [0.2, 0.25) is 5.88 Å². The first-order valence-corrected chi connectivity index (χ1v) is 6.15. The van der Waals surface area contributed by atoms with Gasteiger partial charge in [-0.1, -0.05) is 6.42 Å². The van der Waals surface area contributed by atoms with Crippen LogP contribution in [0.1, 0.15) is 26.2 Å². The fraction of sp³-hybridized carbons (Fsp3) is 0.583. The number of aromatic nitrogens is 2. The molecule has 2 unspecified atom stereocenters. The van der Waals surface area contributed by atoms with Crippen molar-refractivity contribution in [3.05, 3.63) is 12.4 Å². The van der Waals surface area contributed by atoms with Crippen molar-refractivity contribution < 1.29 is 14.6 Å². The highest BCUT2D eigenvalue weighted by Crippen LogP contribution is 2.28. The van der Waals surface area contributed by atoms with Crippen LogP contribution in [-0.2, 0) is 4.79 Å². The van der Waals surface area contributed by atoms with Crippen molar-refractivity contribution in [1.29, 1.82) is 0 Å². The average Bonchev–Trinajstić information content (AvgIpc) is 2.78. The zero-order valence-corrected chi connectivity index (χ0v) is 10.3. The van der Waals surface area contributed by atoms with Gasteiger partial charge >= 0.3 is 5.97 Å². The number of ether oxygens (including phenoxy) is 1. The minimum absolute atomic E-state index is 0.0753. The Bertz CT molecular complexity index is 425. The van der Waals surface area contributed by atoms with Crippen LogP contribution in [0.4, 0.5) is 5.82 Å². The summed E-state index contributed by atoms with van der Waals surface area (Å²) in [6.07, 6.45) is 5.61. The van der Waals surface area contributed by atoms with Crippen LogP contribution in [0.3, 0.4) is 0 Å². The summed E-state index contributed by atoms with van der Waals surface area (Å²) in [7, 11) is 0. The van der Waals surface area contributed by atoms with E-state index in [2.05, 4.69) is 15.3 Å². The lowest BCUT2D eigenvalue weighted by molar-refractivity contribution is -0.141. The lowest BCUT2D eigenvalue weighted by Crippen LogP contribution is -2.30. The van der Waals surface area contributed by atoms with Crippen molar-refractivity contribution in [1.82, 2.24) is 9.97 Å². The van der Waals surface area contributed by atoms with E-state index in [4.69, 9.17) is 9.84 Å². The van der Waals surface area contributed by atoms with Gasteiger partial charge in [-0.3, -0.25) is 9.78 Å². The number of carboxylic acids is 1. The summed E-state index contributed by atoms with van der Waals surface area (Å²) in [6, 6.07) is -0.0753. The van der Waals surface area contributed by atoms with Gasteiger partial charge in [0, 0.05) is 6.04 Å². The number of rotatable bonds is 5. The van der Waals surface area contributed by atoms with Crippen molar-refractivity contribution in [3.63, 3.8) is 0 Å². The van der Waals surface area contributed by atoms with Gasteiger partial charge in [0.15, 0.2) is 0 Å². The van der Waals surface area contributed by atoms with Gasteiger partial charge in [-0.2, -0.15) is 4.98 Å². The molecule has 98 valence electrons. The van der Waals surface area contributed by atoms with E-state index in [1.165, 1.54) is 6.20 Å². The Labute approximate surface area is 105 Å². The fourth-order valence-electron chi connectivity index (χ4n) is 2.25. The maximum atomic E-state index is 11.1. The van der Waals surface area contributed by atoms with Crippen LogP contribution < -0.4 is 10.1 Å². The minimum Gasteiger partial charge on any atom is -0.481 e. The first-order chi connectivity index (χ1) is 8.70. The molecule has 0 amide bonds. The third-order valence-corrected chi connectivity index (χ3v) is 3.07. The van der Waals surface area contributed by atoms with Gasteiger partial charge in [0.05, 0.1) is 24.9 Å². The molecule has 2 rings (SSSR count). The van der Waals surface area contributed by atoms with Crippen molar-refractivity contribution in [3.8, 4) is 5.88 Å². The molecule has 1 fully saturated rings. The summed E-state index contributed by atoms with van der Waals surface area (Å²) < 4.78 is 5.26. The van der Waals surface area contributed by atoms with Crippen LogP contribution in [0.5, 0.6) is 5.88 Å². The van der Waals surface area contributed by atoms with E-state index in [0.29, 0.717) is 24.7 Å². The molecule has 2 atom stereocenters. The van der Waals surface area contributed by atoms with Crippen molar-refractivity contribution in [2.75, 3.05) is 11.9 Å². The van der Waals surface area contributed by atoms with E-state index in [0.717, 1.165) is 12.8 Å². The molecule has 0 aliphatic heterocycles. The number of hydrogen-bond donors (Lipinski definition) is 2. The summed E-state index contributed by atoms with van der Waals surface area (Å²) >= 11 is 0. The Morgan fingerprint density at radius 3 is 3.11 bits per heavy atom. The fourth-order valence-corrected chi connectivity index (χ4v) is 2.25. The van der Waals surface area contributed by atoms with E-state index in [1.54, 1.807) is 6.20 Å². The largest absolute Gasteiger partial charge is 0.481 e. The second kappa shape index (κ2) is 5.66. The molecule has 1 aliphatic carbocycles. The molecular formula is C12H17N3O3. The van der Waals surface area contributed by atoms with Crippen LogP contribution >= 0.6 is 0 Å². The van der Waals surface area contributed by atoms with Gasteiger partial charge in [-0.15, -0.1) is 0 Å². The molecule has 1 heterocycles. The number of nitrogens with one attached hydrogen (secondary N) is 1. The van der Waals surface area contributed by atoms with Gasteiger partial charge in [0.25, 0.3) is 0 Å². The monoisotopic (exact) mass is 251 g/mol. The molecule has 18 heavy (non-hydrogen) atoms. The Morgan fingerprint density at radius 2 is 2.39 bits per heavy atom. The van der Waals surface area contributed by atoms with Crippen molar-refractivity contribution in [2.45, 2.75) is 32.2 Å². The topological polar surface area (TPSA) is 84.3 Å². The average molecular weight is 251 g/mol. The normalized spacial score (nSPS) is 22.7. The quantitative estimate of drug-likeness (QED) is 0.825. The minimum atomic E-state index is -0.751. The molecule has 0 radical (unpaired) electrons. The Balaban J connectivity index is 2.04. The molecule has 0 aromatic carbocycles. The summed E-state index contributed by atoms with van der Waals surface area (Å²) in [5.41, 5.74) is 0. The van der Waals surface area contributed by atoms with E-state index in [9.17, 15) is 4.79 Å². The first-order valence-electron chi connectivity index (χ1n) is 6.15. The third kappa shape index (κ3) is 2.88. The Morgan fingerprint density at radius 1 is 1.56 bits per heavy atom. The van der Waals surface area contributed by atoms with Gasteiger partial charge < -0.3 is 15.2 Å². The van der Waals surface area contributed by atoms with Crippen LogP contribution in [-0.4, -0.2) is 33.7 Å². The summed E-state index contributed by atoms with van der Waals surface area (Å²) in [5, 5.41) is 12.2. The van der Waals surface area contributed by atoms with E-state index in [-0.39, 0.29) is 12.0 Å². The van der Waals surface area contributed by atoms with Crippen LogP contribution in [0.2, 0.25) is 0 Å². The van der Waals surface area contributed by atoms with Crippen LogP contribution in [0.25, 0.3) is 0 Å². The van der Waals surface area contributed by atoms with Gasteiger partial charge in [0.1, 0.15) is 5.82 Å². The molecule has 0 saturated heterocycles. The Kier molecular flexibility index (Phi) is 3.96. The van der Waals surface area contributed by atoms with E-state index < -0.39 is 5.97 Å². The number of carbonyl (C=O) groups is 1. The SMILES string of the molecule is CCOc1cncc(NC2CCCC2C(=O)O)n1. The molecule has 1 aromatic rings. The standard InChI is InChI=1S/C12H17N3O3/c1-2-18-11-7-13-6-10(15-11)14-9-5-3-4-8(9)12(16)17/h6-9H,2-5H2,1H3,(H,14,15)(H,16,17). The molecular weight excluding hydrogens is 234 g/mol. The lowest BCUT2D eigenvalue weighted by atomic mass is 10.0. The number of carboxylic acid groups (broad SMARTS) is 1. The highest BCUT2D eigenvalue weighted by atomic mass is 16.5. The maximum absolute atomic E-state index is 11.1. The van der Waals surface area contributed by atoms with Crippen LogP contribution in [0, 0.1) is 5.92 Å². The zero-order valence-electron chi connectivity index (χ0n) is 10.3. The summed E-state index contributed by atoms with van der Waals surface area (Å²) in [6.45, 7) is 2.40. The van der Waals surface area contributed by atoms with E-state index >= 15 is 0 Å². The first kappa shape index (κ1) is 12.6. The zero-order chi connectivity index (χ0) is 13.0. The second-order valence-corrected chi connectivity index (χ2v) is 4.30. The molecule has 1 aromatic heterocycles. The van der Waals surface area contributed by atoms with Gasteiger partial charge in [-0.25, -0.2) is 0 Å². The summed E-state index contributed by atoms with van der Waals surface area (Å²) in [5.74, 6) is -0.0760. The predicted molar refractivity (Wildman–Crippen MR) is 65.6 cm³/mol. The lowest BCUT2D eigenvalue weighted by Gasteiger charge is -2.18. The third-order valence-electron chi connectivity index (χ3n) is 3.07.